The molecule has 2 heterocycles. The number of benzene rings is 2. The Kier molecular flexibility index (Phi) is 11.1. The van der Waals surface area contributed by atoms with Gasteiger partial charge in [-0.05, 0) is 68.5 Å². The Balaban J connectivity index is 1.61. The van der Waals surface area contributed by atoms with Crippen LogP contribution in [0.1, 0.15) is 67.8 Å². The van der Waals surface area contributed by atoms with Crippen molar-refractivity contribution in [3.63, 3.8) is 0 Å². The second-order valence-corrected chi connectivity index (χ2v) is 15.0. The fraction of sp³-hybridized carbons (Fsp3) is 0.457. The number of nitrogens with zero attached hydrogens (tertiary/aromatic N) is 5. The molecule has 50 heavy (non-hydrogen) atoms. The maximum absolute atomic E-state index is 13.9. The van der Waals surface area contributed by atoms with Crippen molar-refractivity contribution in [2.45, 2.75) is 64.5 Å². The number of pyridine rings is 1. The number of ether oxygens (including phenoxy) is 1. The normalized spacial score (nSPS) is 15.0. The predicted octanol–water partition coefficient (Wildman–Crippen LogP) is 8.27. The van der Waals surface area contributed by atoms with Crippen molar-refractivity contribution in [3.8, 4) is 5.75 Å². The fourth-order valence-corrected chi connectivity index (χ4v) is 6.60. The van der Waals surface area contributed by atoms with Crippen molar-refractivity contribution >= 4 is 32.5 Å². The minimum Gasteiger partial charge on any atom is -0.489 e. The fourth-order valence-electron chi connectivity index (χ4n) is 6.22. The van der Waals surface area contributed by atoms with Gasteiger partial charge in [0.2, 0.25) is 5.95 Å². The van der Waals surface area contributed by atoms with Crippen LogP contribution in [0.15, 0.2) is 60.9 Å². The summed E-state index contributed by atoms with van der Waals surface area (Å²) < 4.78 is 112. The predicted molar refractivity (Wildman–Crippen MR) is 180 cm³/mol. The number of anilines is 2. The molecular formula is C35H39F6N5O3S. The molecule has 1 aliphatic rings. The van der Waals surface area contributed by atoms with E-state index < -0.39 is 39.4 Å². The first-order valence-corrected chi connectivity index (χ1v) is 18.4. The first-order valence-electron chi connectivity index (χ1n) is 16.3. The molecule has 5 rings (SSSR count). The van der Waals surface area contributed by atoms with Gasteiger partial charge in [0.25, 0.3) is 0 Å². The van der Waals surface area contributed by atoms with Crippen LogP contribution in [-0.4, -0.2) is 55.1 Å². The quantitative estimate of drug-likeness (QED) is 0.128. The number of sulfone groups is 1. The van der Waals surface area contributed by atoms with Gasteiger partial charge in [0.1, 0.15) is 12.4 Å². The number of aromatic nitrogens is 3. The molecule has 1 unspecified atom stereocenters. The summed E-state index contributed by atoms with van der Waals surface area (Å²) in [6.45, 7) is 4.72. The number of para-hydroxylation sites is 1. The van der Waals surface area contributed by atoms with Crippen molar-refractivity contribution in [2.75, 3.05) is 41.5 Å². The van der Waals surface area contributed by atoms with Gasteiger partial charge in [-0.1, -0.05) is 31.0 Å². The largest absolute Gasteiger partial charge is 0.489 e. The second kappa shape index (κ2) is 15.0. The Morgan fingerprint density at radius 3 is 2.14 bits per heavy atom. The van der Waals surface area contributed by atoms with Gasteiger partial charge in [0, 0.05) is 30.3 Å². The molecule has 1 aliphatic carbocycles. The van der Waals surface area contributed by atoms with Crippen molar-refractivity contribution < 1.29 is 39.5 Å². The molecule has 1 atom stereocenters. The third kappa shape index (κ3) is 9.34. The number of fused-ring (bicyclic) bond motifs is 1. The number of rotatable bonds is 13. The first-order chi connectivity index (χ1) is 23.5. The molecule has 0 N–H and O–H groups in total. The van der Waals surface area contributed by atoms with Crippen molar-refractivity contribution in [3.05, 3.63) is 83.2 Å². The lowest BCUT2D eigenvalue weighted by Gasteiger charge is -2.33. The maximum atomic E-state index is 13.9. The van der Waals surface area contributed by atoms with Crippen LogP contribution in [0.2, 0.25) is 0 Å². The Labute approximate surface area is 287 Å². The molecule has 1 saturated carbocycles. The van der Waals surface area contributed by atoms with E-state index in [9.17, 15) is 34.8 Å². The standard InChI is InChI=1S/C35H39F6N5O3S/c1-4-45(21-24-9-5-6-10-24)32-27(15-25-11-7-8-12-31(25)44-32)22-46(33-42-19-30(20-43-33)49-13-14-50(3,47)48)23(2)26-16-28(34(36,37)38)18-29(17-26)35(39,40)41/h7-8,11-12,15-20,23-24H,4-6,9-10,13-14,21-22H2,1-3H3. The van der Waals surface area contributed by atoms with Gasteiger partial charge >= 0.3 is 12.4 Å². The summed E-state index contributed by atoms with van der Waals surface area (Å²) in [6.07, 6.45) is -1.94. The second-order valence-electron chi connectivity index (χ2n) is 12.7. The van der Waals surface area contributed by atoms with Crippen LogP contribution in [0, 0.1) is 5.92 Å². The summed E-state index contributed by atoms with van der Waals surface area (Å²) in [5, 5.41) is 0.810. The lowest BCUT2D eigenvalue weighted by Crippen LogP contribution is -2.33. The smallest absolute Gasteiger partial charge is 0.416 e. The van der Waals surface area contributed by atoms with Crippen LogP contribution in [-0.2, 0) is 28.7 Å². The zero-order valence-electron chi connectivity index (χ0n) is 27.9. The van der Waals surface area contributed by atoms with Crippen LogP contribution in [0.5, 0.6) is 5.75 Å². The Bertz CT molecular complexity index is 1850. The monoisotopic (exact) mass is 723 g/mol. The molecule has 0 radical (unpaired) electrons. The molecule has 0 spiro atoms. The third-order valence-electron chi connectivity index (χ3n) is 8.91. The van der Waals surface area contributed by atoms with E-state index in [4.69, 9.17) is 9.72 Å². The zero-order chi connectivity index (χ0) is 36.3. The summed E-state index contributed by atoms with van der Waals surface area (Å²) in [5.41, 5.74) is -1.65. The molecular weight excluding hydrogens is 684 g/mol. The molecule has 0 amide bonds. The van der Waals surface area contributed by atoms with Gasteiger partial charge in [-0.15, -0.1) is 0 Å². The van der Waals surface area contributed by atoms with Gasteiger partial charge in [0.15, 0.2) is 15.6 Å². The van der Waals surface area contributed by atoms with Crippen LogP contribution < -0.4 is 14.5 Å². The average molecular weight is 724 g/mol. The molecule has 0 aliphatic heterocycles. The van der Waals surface area contributed by atoms with Crippen molar-refractivity contribution in [1.82, 2.24) is 15.0 Å². The lowest BCUT2D eigenvalue weighted by molar-refractivity contribution is -0.143. The number of alkyl halides is 6. The number of hydrogen-bond donors (Lipinski definition) is 0. The lowest BCUT2D eigenvalue weighted by atomic mass is 9.99. The van der Waals surface area contributed by atoms with E-state index in [0.29, 0.717) is 36.0 Å². The molecule has 2 aromatic heterocycles. The van der Waals surface area contributed by atoms with Crippen molar-refractivity contribution in [2.24, 2.45) is 5.92 Å². The highest BCUT2D eigenvalue weighted by atomic mass is 32.2. The molecule has 0 saturated heterocycles. The van der Waals surface area contributed by atoms with Crippen LogP contribution in [0.25, 0.3) is 10.9 Å². The van der Waals surface area contributed by atoms with E-state index in [0.717, 1.165) is 49.4 Å². The number of halogens is 6. The van der Waals surface area contributed by atoms with Gasteiger partial charge in [0.05, 0.1) is 47.4 Å². The maximum Gasteiger partial charge on any atom is 0.416 e. The van der Waals surface area contributed by atoms with E-state index >= 15 is 0 Å². The first kappa shape index (κ1) is 37.1. The third-order valence-corrected chi connectivity index (χ3v) is 9.82. The summed E-state index contributed by atoms with van der Waals surface area (Å²) in [4.78, 5) is 17.5. The van der Waals surface area contributed by atoms with E-state index in [1.54, 1.807) is 0 Å². The van der Waals surface area contributed by atoms with E-state index in [1.165, 1.54) is 24.2 Å². The van der Waals surface area contributed by atoms with Gasteiger partial charge in [-0.2, -0.15) is 26.3 Å². The number of hydrogen-bond acceptors (Lipinski definition) is 8. The highest BCUT2D eigenvalue weighted by Crippen LogP contribution is 2.40. The Morgan fingerprint density at radius 2 is 1.56 bits per heavy atom. The summed E-state index contributed by atoms with van der Waals surface area (Å²) >= 11 is 0. The Hall–Kier alpha value is -4.14. The summed E-state index contributed by atoms with van der Waals surface area (Å²) in [5.74, 6) is 1.04. The minimum absolute atomic E-state index is 0.0110. The minimum atomic E-state index is -5.03. The highest BCUT2D eigenvalue weighted by molar-refractivity contribution is 7.90. The van der Waals surface area contributed by atoms with E-state index in [2.05, 4.69) is 14.9 Å². The van der Waals surface area contributed by atoms with Crippen LogP contribution >= 0.6 is 0 Å². The Morgan fingerprint density at radius 1 is 0.940 bits per heavy atom. The SMILES string of the molecule is CCN(CC1CCCC1)c1nc2ccccc2cc1CN(c1ncc(OCCS(C)(=O)=O)cn1)C(C)c1cc(C(F)(F)F)cc(C(F)(F)F)c1. The van der Waals surface area contributed by atoms with Crippen LogP contribution in [0.3, 0.4) is 0 Å². The van der Waals surface area contributed by atoms with Gasteiger partial charge < -0.3 is 14.5 Å². The van der Waals surface area contributed by atoms with Gasteiger partial charge in [-0.3, -0.25) is 0 Å². The highest BCUT2D eigenvalue weighted by Gasteiger charge is 2.38. The van der Waals surface area contributed by atoms with E-state index in [-0.39, 0.29) is 42.2 Å². The average Bonchev–Trinajstić information content (AvgIpc) is 3.58. The topological polar surface area (TPSA) is 88.5 Å². The molecule has 4 aromatic rings. The molecule has 1 fully saturated rings. The molecule has 270 valence electrons. The van der Waals surface area contributed by atoms with Crippen LogP contribution in [0.4, 0.5) is 38.1 Å². The summed E-state index contributed by atoms with van der Waals surface area (Å²) in [6, 6.07) is 9.90. The van der Waals surface area contributed by atoms with E-state index in [1.807, 2.05) is 37.3 Å². The zero-order valence-corrected chi connectivity index (χ0v) is 28.7. The molecule has 0 bridgehead atoms. The summed E-state index contributed by atoms with van der Waals surface area (Å²) in [7, 11) is -3.30. The van der Waals surface area contributed by atoms with Gasteiger partial charge in [-0.25, -0.2) is 23.4 Å². The molecule has 2 aromatic carbocycles. The molecule has 15 heteroatoms. The molecule has 8 nitrogen and oxygen atoms in total. The van der Waals surface area contributed by atoms with Crippen molar-refractivity contribution in [1.29, 1.82) is 0 Å².